The van der Waals surface area contributed by atoms with Gasteiger partial charge in [-0.1, -0.05) is 30.3 Å². The topological polar surface area (TPSA) is 61.4 Å². The number of rotatable bonds is 7. The van der Waals surface area contributed by atoms with Crippen LogP contribution in [0.25, 0.3) is 10.9 Å². The number of hydrogen-bond acceptors (Lipinski definition) is 2. The van der Waals surface area contributed by atoms with Crippen LogP contribution in [-0.2, 0) is 11.2 Å². The van der Waals surface area contributed by atoms with Crippen LogP contribution < -0.4 is 10.6 Å². The van der Waals surface area contributed by atoms with Crippen molar-refractivity contribution in [2.75, 3.05) is 27.2 Å². The molecule has 0 aliphatic rings. The van der Waals surface area contributed by atoms with Gasteiger partial charge in [0.05, 0.1) is 6.10 Å². The molecule has 2 aromatic carbocycles. The highest BCUT2D eigenvalue weighted by Crippen LogP contribution is 2.18. The van der Waals surface area contributed by atoms with E-state index in [4.69, 9.17) is 4.74 Å². The van der Waals surface area contributed by atoms with Gasteiger partial charge in [-0.3, -0.25) is 4.99 Å². The number of aliphatic imine (C=N–C) groups is 1. The van der Waals surface area contributed by atoms with Crippen LogP contribution in [0.15, 0.2) is 59.7 Å². The standard InChI is InChI=1S/C21H25FN4O/c1-23-21(26-14-20(27-2)15-7-9-17(22)10-8-15)24-12-11-16-13-25-19-6-4-3-5-18(16)19/h3-10,13,20,25H,11-12,14H2,1-2H3,(H2,23,24,26). The molecule has 27 heavy (non-hydrogen) atoms. The van der Waals surface area contributed by atoms with Gasteiger partial charge in [-0.25, -0.2) is 4.39 Å². The summed E-state index contributed by atoms with van der Waals surface area (Å²) in [6.45, 7) is 1.30. The van der Waals surface area contributed by atoms with Gasteiger partial charge in [0.25, 0.3) is 0 Å². The molecule has 3 N–H and O–H groups in total. The highest BCUT2D eigenvalue weighted by Gasteiger charge is 2.11. The molecule has 3 aromatic rings. The van der Waals surface area contributed by atoms with E-state index < -0.39 is 0 Å². The fourth-order valence-electron chi connectivity index (χ4n) is 3.08. The lowest BCUT2D eigenvalue weighted by atomic mass is 10.1. The predicted octanol–water partition coefficient (Wildman–Crippen LogP) is 3.40. The number of guanidine groups is 1. The molecule has 0 fully saturated rings. The van der Waals surface area contributed by atoms with Gasteiger partial charge in [-0.05, 0) is 35.7 Å². The molecule has 0 saturated carbocycles. The lowest BCUT2D eigenvalue weighted by Gasteiger charge is -2.18. The molecular weight excluding hydrogens is 343 g/mol. The summed E-state index contributed by atoms with van der Waals surface area (Å²) < 4.78 is 18.6. The Kier molecular flexibility index (Phi) is 6.44. The van der Waals surface area contributed by atoms with E-state index in [1.807, 2.05) is 12.1 Å². The Bertz CT molecular complexity index is 889. The Morgan fingerprint density at radius 2 is 1.93 bits per heavy atom. The Hall–Kier alpha value is -2.86. The summed E-state index contributed by atoms with van der Waals surface area (Å²) in [5.41, 5.74) is 3.34. The zero-order valence-electron chi connectivity index (χ0n) is 15.6. The third-order valence-electron chi connectivity index (χ3n) is 4.57. The van der Waals surface area contributed by atoms with Crippen LogP contribution in [-0.4, -0.2) is 38.2 Å². The van der Waals surface area contributed by atoms with Crippen molar-refractivity contribution in [1.29, 1.82) is 0 Å². The quantitative estimate of drug-likeness (QED) is 0.442. The number of nitrogens with one attached hydrogen (secondary N) is 3. The average Bonchev–Trinajstić information content (AvgIpc) is 3.11. The van der Waals surface area contributed by atoms with Gasteiger partial charge >= 0.3 is 0 Å². The molecule has 3 rings (SSSR count). The SMILES string of the molecule is CN=C(NCCc1c[nH]c2ccccc12)NCC(OC)c1ccc(F)cc1. The minimum Gasteiger partial charge on any atom is -0.375 e. The molecule has 1 atom stereocenters. The number of halogens is 1. The van der Waals surface area contributed by atoms with Gasteiger partial charge in [-0.2, -0.15) is 0 Å². The van der Waals surface area contributed by atoms with E-state index in [0.717, 1.165) is 24.0 Å². The Morgan fingerprint density at radius 3 is 2.67 bits per heavy atom. The van der Waals surface area contributed by atoms with E-state index in [1.165, 1.54) is 23.1 Å². The van der Waals surface area contributed by atoms with Gasteiger partial charge in [-0.15, -0.1) is 0 Å². The zero-order chi connectivity index (χ0) is 19.1. The second-order valence-electron chi connectivity index (χ2n) is 6.27. The molecule has 0 radical (unpaired) electrons. The van der Waals surface area contributed by atoms with Crippen molar-refractivity contribution >= 4 is 16.9 Å². The Morgan fingerprint density at radius 1 is 1.15 bits per heavy atom. The molecule has 0 aliphatic heterocycles. The Labute approximate surface area is 158 Å². The first kappa shape index (κ1) is 18.9. The number of methoxy groups -OCH3 is 1. The second kappa shape index (κ2) is 9.19. The molecule has 0 saturated heterocycles. The normalized spacial score (nSPS) is 12.9. The molecule has 1 unspecified atom stereocenters. The number of aromatic nitrogens is 1. The lowest BCUT2D eigenvalue weighted by Crippen LogP contribution is -2.40. The maximum atomic E-state index is 13.1. The summed E-state index contributed by atoms with van der Waals surface area (Å²) in [7, 11) is 3.38. The number of para-hydroxylation sites is 1. The summed E-state index contributed by atoms with van der Waals surface area (Å²) in [6, 6.07) is 14.6. The third kappa shape index (κ3) is 4.86. The van der Waals surface area contributed by atoms with Crippen LogP contribution in [0, 0.1) is 5.82 Å². The summed E-state index contributed by atoms with van der Waals surface area (Å²) in [5, 5.41) is 7.83. The third-order valence-corrected chi connectivity index (χ3v) is 4.57. The number of H-pyrrole nitrogens is 1. The van der Waals surface area contributed by atoms with E-state index >= 15 is 0 Å². The highest BCUT2D eigenvalue weighted by molar-refractivity contribution is 5.83. The largest absolute Gasteiger partial charge is 0.375 e. The molecule has 142 valence electrons. The molecule has 0 amide bonds. The molecule has 0 bridgehead atoms. The summed E-state index contributed by atoms with van der Waals surface area (Å²) in [4.78, 5) is 7.55. The minimum atomic E-state index is -0.253. The number of hydrogen-bond donors (Lipinski definition) is 3. The fraction of sp³-hybridized carbons (Fsp3) is 0.286. The Balaban J connectivity index is 1.51. The summed E-state index contributed by atoms with van der Waals surface area (Å²) >= 11 is 0. The van der Waals surface area contributed by atoms with Crippen molar-refractivity contribution < 1.29 is 9.13 Å². The molecule has 6 heteroatoms. The fourth-order valence-corrected chi connectivity index (χ4v) is 3.08. The number of ether oxygens (including phenoxy) is 1. The van der Waals surface area contributed by atoms with E-state index in [0.29, 0.717) is 12.5 Å². The van der Waals surface area contributed by atoms with Crippen molar-refractivity contribution in [3.8, 4) is 0 Å². The van der Waals surface area contributed by atoms with Crippen LogP contribution in [0.3, 0.4) is 0 Å². The van der Waals surface area contributed by atoms with Crippen molar-refractivity contribution in [3.05, 3.63) is 71.7 Å². The maximum Gasteiger partial charge on any atom is 0.191 e. The van der Waals surface area contributed by atoms with Crippen LogP contribution in [0.1, 0.15) is 17.2 Å². The van der Waals surface area contributed by atoms with Crippen molar-refractivity contribution in [2.45, 2.75) is 12.5 Å². The van der Waals surface area contributed by atoms with Crippen molar-refractivity contribution in [3.63, 3.8) is 0 Å². The van der Waals surface area contributed by atoms with Crippen molar-refractivity contribution in [1.82, 2.24) is 15.6 Å². The number of benzene rings is 2. The lowest BCUT2D eigenvalue weighted by molar-refractivity contribution is 0.106. The summed E-state index contributed by atoms with van der Waals surface area (Å²) in [6.07, 6.45) is 2.76. The molecule has 1 heterocycles. The first-order chi connectivity index (χ1) is 13.2. The van der Waals surface area contributed by atoms with Gasteiger partial charge in [0.1, 0.15) is 5.82 Å². The number of aromatic amines is 1. The predicted molar refractivity (Wildman–Crippen MR) is 108 cm³/mol. The van der Waals surface area contributed by atoms with Crippen LogP contribution in [0.2, 0.25) is 0 Å². The van der Waals surface area contributed by atoms with Crippen LogP contribution in [0.5, 0.6) is 0 Å². The smallest absolute Gasteiger partial charge is 0.191 e. The van der Waals surface area contributed by atoms with Crippen LogP contribution >= 0.6 is 0 Å². The summed E-state index contributed by atoms with van der Waals surface area (Å²) in [5.74, 6) is 0.454. The first-order valence-electron chi connectivity index (χ1n) is 8.99. The average molecular weight is 368 g/mol. The minimum absolute atomic E-state index is 0.183. The molecule has 5 nitrogen and oxygen atoms in total. The van der Waals surface area contributed by atoms with E-state index in [1.54, 1.807) is 26.3 Å². The number of nitrogens with zero attached hydrogens (tertiary/aromatic N) is 1. The van der Waals surface area contributed by atoms with Gasteiger partial charge < -0.3 is 20.4 Å². The molecular formula is C21H25FN4O. The van der Waals surface area contributed by atoms with Gasteiger partial charge in [0.15, 0.2) is 5.96 Å². The molecule has 0 aliphatic carbocycles. The van der Waals surface area contributed by atoms with E-state index in [9.17, 15) is 4.39 Å². The molecule has 0 spiro atoms. The molecule has 1 aromatic heterocycles. The number of fused-ring (bicyclic) bond motifs is 1. The van der Waals surface area contributed by atoms with Gasteiger partial charge in [0.2, 0.25) is 0 Å². The van der Waals surface area contributed by atoms with Crippen LogP contribution in [0.4, 0.5) is 4.39 Å². The maximum absolute atomic E-state index is 13.1. The monoisotopic (exact) mass is 368 g/mol. The van der Waals surface area contributed by atoms with Gasteiger partial charge in [0, 0.05) is 44.3 Å². The van der Waals surface area contributed by atoms with E-state index in [2.05, 4.69) is 38.9 Å². The zero-order valence-corrected chi connectivity index (χ0v) is 15.6. The second-order valence-corrected chi connectivity index (χ2v) is 6.27. The van der Waals surface area contributed by atoms with Crippen molar-refractivity contribution in [2.24, 2.45) is 4.99 Å². The van der Waals surface area contributed by atoms with E-state index in [-0.39, 0.29) is 11.9 Å². The highest BCUT2D eigenvalue weighted by atomic mass is 19.1. The first-order valence-corrected chi connectivity index (χ1v) is 8.99.